The first-order valence-corrected chi connectivity index (χ1v) is 7.43. The highest BCUT2D eigenvalue weighted by atomic mass is 35.5. The molecule has 4 nitrogen and oxygen atoms in total. The van der Waals surface area contributed by atoms with Crippen molar-refractivity contribution in [3.63, 3.8) is 0 Å². The molecular formula is C11H15Cl2FN2O2S. The van der Waals surface area contributed by atoms with Crippen molar-refractivity contribution in [2.75, 3.05) is 19.6 Å². The van der Waals surface area contributed by atoms with Crippen LogP contribution in [0, 0.1) is 5.82 Å². The highest BCUT2D eigenvalue weighted by molar-refractivity contribution is 7.89. The molecule has 1 aromatic carbocycles. The molecule has 1 unspecified atom stereocenters. The molecule has 1 aliphatic rings. The summed E-state index contributed by atoms with van der Waals surface area (Å²) >= 11 is 5.62. The van der Waals surface area contributed by atoms with Gasteiger partial charge in [0.05, 0.1) is 5.02 Å². The maximum atomic E-state index is 13.8. The van der Waals surface area contributed by atoms with Crippen LogP contribution in [0.25, 0.3) is 0 Å². The zero-order valence-electron chi connectivity index (χ0n) is 10.3. The Morgan fingerprint density at radius 2 is 2.16 bits per heavy atom. The van der Waals surface area contributed by atoms with Crippen molar-refractivity contribution < 1.29 is 12.8 Å². The highest BCUT2D eigenvalue weighted by Gasteiger charge is 2.33. The molecule has 108 valence electrons. The number of rotatable bonds is 2. The van der Waals surface area contributed by atoms with Crippen LogP contribution in [0.5, 0.6) is 0 Å². The van der Waals surface area contributed by atoms with Gasteiger partial charge in [0.25, 0.3) is 0 Å². The molecule has 1 heterocycles. The van der Waals surface area contributed by atoms with Crippen LogP contribution in [-0.2, 0) is 10.0 Å². The first-order chi connectivity index (χ1) is 8.44. The molecule has 2 rings (SSSR count). The Hall–Kier alpha value is -0.400. The van der Waals surface area contributed by atoms with Crippen molar-refractivity contribution in [2.24, 2.45) is 0 Å². The number of hydrogen-bond donors (Lipinski definition) is 1. The summed E-state index contributed by atoms with van der Waals surface area (Å²) < 4.78 is 39.9. The maximum Gasteiger partial charge on any atom is 0.246 e. The van der Waals surface area contributed by atoms with Crippen molar-refractivity contribution in [1.29, 1.82) is 0 Å². The van der Waals surface area contributed by atoms with Crippen LogP contribution in [-0.4, -0.2) is 38.4 Å². The first-order valence-electron chi connectivity index (χ1n) is 5.61. The molecule has 0 aromatic heterocycles. The van der Waals surface area contributed by atoms with Crippen LogP contribution < -0.4 is 5.32 Å². The van der Waals surface area contributed by atoms with Gasteiger partial charge in [-0.15, -0.1) is 12.4 Å². The third kappa shape index (κ3) is 3.20. The van der Waals surface area contributed by atoms with Crippen LogP contribution in [0.15, 0.2) is 23.1 Å². The number of nitrogens with one attached hydrogen (secondary N) is 1. The Labute approximate surface area is 123 Å². The van der Waals surface area contributed by atoms with E-state index in [2.05, 4.69) is 5.32 Å². The molecule has 1 atom stereocenters. The Morgan fingerprint density at radius 3 is 2.79 bits per heavy atom. The molecule has 0 saturated carbocycles. The van der Waals surface area contributed by atoms with Gasteiger partial charge in [-0.25, -0.2) is 12.8 Å². The standard InChI is InChI=1S/C11H14ClFN2O2S.ClH/c1-8-7-14-5-6-15(8)18(16,17)10-4-2-3-9(12)11(10)13;/h2-4,8,14H,5-7H2,1H3;1H. The summed E-state index contributed by atoms with van der Waals surface area (Å²) in [4.78, 5) is -0.358. The second kappa shape index (κ2) is 6.37. The van der Waals surface area contributed by atoms with Gasteiger partial charge in [0, 0.05) is 25.7 Å². The summed E-state index contributed by atoms with van der Waals surface area (Å²) in [7, 11) is -3.83. The zero-order valence-corrected chi connectivity index (χ0v) is 12.7. The van der Waals surface area contributed by atoms with Gasteiger partial charge in [-0.1, -0.05) is 17.7 Å². The van der Waals surface area contributed by atoms with Crippen LogP contribution in [0.1, 0.15) is 6.92 Å². The van der Waals surface area contributed by atoms with Gasteiger partial charge in [0.15, 0.2) is 5.82 Å². The van der Waals surface area contributed by atoms with E-state index in [0.29, 0.717) is 19.6 Å². The smallest absolute Gasteiger partial charge is 0.246 e. The van der Waals surface area contributed by atoms with E-state index in [1.54, 1.807) is 6.92 Å². The molecule has 0 amide bonds. The summed E-state index contributed by atoms with van der Waals surface area (Å²) in [5, 5.41) is 2.91. The van der Waals surface area contributed by atoms with E-state index in [1.807, 2.05) is 0 Å². The quantitative estimate of drug-likeness (QED) is 0.901. The SMILES string of the molecule is CC1CNCCN1S(=O)(=O)c1cccc(Cl)c1F.Cl. The van der Waals surface area contributed by atoms with Gasteiger partial charge in [-0.3, -0.25) is 0 Å². The fourth-order valence-corrected chi connectivity index (χ4v) is 3.94. The number of piperazine rings is 1. The average molecular weight is 329 g/mol. The number of benzene rings is 1. The lowest BCUT2D eigenvalue weighted by Crippen LogP contribution is -2.52. The van der Waals surface area contributed by atoms with Crippen LogP contribution >= 0.6 is 24.0 Å². The third-order valence-corrected chi connectivity index (χ3v) is 5.27. The Kier molecular flexibility index (Phi) is 5.58. The number of nitrogens with zero attached hydrogens (tertiary/aromatic N) is 1. The van der Waals surface area contributed by atoms with Gasteiger partial charge in [-0.05, 0) is 19.1 Å². The number of halogens is 3. The monoisotopic (exact) mass is 328 g/mol. The van der Waals surface area contributed by atoms with Crippen molar-refractivity contribution >= 4 is 34.0 Å². The predicted molar refractivity (Wildman–Crippen MR) is 74.9 cm³/mol. The van der Waals surface area contributed by atoms with E-state index < -0.39 is 15.8 Å². The minimum absolute atomic E-state index is 0. The van der Waals surface area contributed by atoms with Crippen molar-refractivity contribution in [3.8, 4) is 0 Å². The second-order valence-corrected chi connectivity index (χ2v) is 6.49. The molecule has 1 fully saturated rings. The molecule has 0 radical (unpaired) electrons. The Bertz CT molecular complexity index is 554. The third-order valence-electron chi connectivity index (χ3n) is 2.94. The zero-order chi connectivity index (χ0) is 13.3. The van der Waals surface area contributed by atoms with Crippen molar-refractivity contribution in [2.45, 2.75) is 17.9 Å². The summed E-state index contributed by atoms with van der Waals surface area (Å²) in [6, 6.07) is 3.80. The molecule has 8 heteroatoms. The number of sulfonamides is 1. The maximum absolute atomic E-state index is 13.8. The van der Waals surface area contributed by atoms with Crippen molar-refractivity contribution in [3.05, 3.63) is 29.0 Å². The molecule has 1 aliphatic heterocycles. The minimum atomic E-state index is -3.83. The Balaban J connectivity index is 0.00000180. The summed E-state index contributed by atoms with van der Waals surface area (Å²) in [5.74, 6) is -0.884. The highest BCUT2D eigenvalue weighted by Crippen LogP contribution is 2.26. The molecule has 0 spiro atoms. The minimum Gasteiger partial charge on any atom is -0.314 e. The molecule has 1 aromatic rings. The molecular weight excluding hydrogens is 314 g/mol. The molecule has 0 aliphatic carbocycles. The number of hydrogen-bond acceptors (Lipinski definition) is 3. The molecule has 0 bridgehead atoms. The van der Waals surface area contributed by atoms with E-state index in [9.17, 15) is 12.8 Å². The largest absolute Gasteiger partial charge is 0.314 e. The lowest BCUT2D eigenvalue weighted by Gasteiger charge is -2.32. The molecule has 1 saturated heterocycles. The summed E-state index contributed by atoms with van der Waals surface area (Å²) in [6.07, 6.45) is 0. The molecule has 1 N–H and O–H groups in total. The van der Waals surface area contributed by atoms with Gasteiger partial charge in [-0.2, -0.15) is 4.31 Å². The van der Waals surface area contributed by atoms with Gasteiger partial charge >= 0.3 is 0 Å². The average Bonchev–Trinajstić information content (AvgIpc) is 2.32. The fraction of sp³-hybridized carbons (Fsp3) is 0.455. The van der Waals surface area contributed by atoms with Gasteiger partial charge in [0.2, 0.25) is 10.0 Å². The van der Waals surface area contributed by atoms with E-state index >= 15 is 0 Å². The van der Waals surface area contributed by atoms with Crippen LogP contribution in [0.2, 0.25) is 5.02 Å². The fourth-order valence-electron chi connectivity index (χ4n) is 1.99. The Morgan fingerprint density at radius 1 is 1.47 bits per heavy atom. The van der Waals surface area contributed by atoms with E-state index in [1.165, 1.54) is 22.5 Å². The van der Waals surface area contributed by atoms with Gasteiger partial charge in [0.1, 0.15) is 4.90 Å². The molecule has 19 heavy (non-hydrogen) atoms. The van der Waals surface area contributed by atoms with E-state index in [0.717, 1.165) is 0 Å². The first kappa shape index (κ1) is 16.7. The summed E-state index contributed by atoms with van der Waals surface area (Å²) in [5.41, 5.74) is 0. The lowest BCUT2D eigenvalue weighted by atomic mass is 10.3. The van der Waals surface area contributed by atoms with E-state index in [-0.39, 0.29) is 28.4 Å². The lowest BCUT2D eigenvalue weighted by molar-refractivity contribution is 0.283. The predicted octanol–water partition coefficient (Wildman–Crippen LogP) is 1.88. The van der Waals surface area contributed by atoms with Crippen LogP contribution in [0.3, 0.4) is 0 Å². The van der Waals surface area contributed by atoms with E-state index in [4.69, 9.17) is 11.6 Å². The van der Waals surface area contributed by atoms with Crippen LogP contribution in [0.4, 0.5) is 4.39 Å². The topological polar surface area (TPSA) is 49.4 Å². The normalized spacial score (nSPS) is 20.9. The summed E-state index contributed by atoms with van der Waals surface area (Å²) in [6.45, 7) is 3.23. The van der Waals surface area contributed by atoms with Crippen molar-refractivity contribution in [1.82, 2.24) is 9.62 Å². The second-order valence-electron chi connectivity index (χ2n) is 4.22. The van der Waals surface area contributed by atoms with Gasteiger partial charge < -0.3 is 5.32 Å².